The molecular formula is C9H12N4O2. The Morgan fingerprint density at radius 2 is 2.40 bits per heavy atom. The molecule has 15 heavy (non-hydrogen) atoms. The first kappa shape index (κ1) is 9.70. The zero-order chi connectivity index (χ0) is 10.8. The Kier molecular flexibility index (Phi) is 2.40. The molecule has 0 aliphatic rings. The largest absolute Gasteiger partial charge is 0.493 e. The standard InChI is InChI=1S/C9H12N4O2/c1-2-3-4-6-7(14)12-9-10-5-11-13(9)8(6)15/h5,15H,2-4H2,1H3,(H,10,11,12,14). The smallest absolute Gasteiger partial charge is 0.259 e. The predicted molar refractivity (Wildman–Crippen MR) is 53.9 cm³/mol. The van der Waals surface area contributed by atoms with Crippen LogP contribution in [0.3, 0.4) is 0 Å². The lowest BCUT2D eigenvalue weighted by Crippen LogP contribution is -2.16. The van der Waals surface area contributed by atoms with E-state index in [1.54, 1.807) is 0 Å². The SMILES string of the molecule is CCCCc1c(O)n2ncnc2[nH]c1=O. The zero-order valence-corrected chi connectivity index (χ0v) is 8.40. The zero-order valence-electron chi connectivity index (χ0n) is 8.40. The molecule has 2 N–H and O–H groups in total. The average Bonchev–Trinajstić information content (AvgIpc) is 2.65. The second-order valence-corrected chi connectivity index (χ2v) is 3.36. The fraction of sp³-hybridized carbons (Fsp3) is 0.444. The number of unbranched alkanes of at least 4 members (excludes halogenated alkanes) is 1. The Morgan fingerprint density at radius 1 is 1.60 bits per heavy atom. The van der Waals surface area contributed by atoms with E-state index in [4.69, 9.17) is 0 Å². The summed E-state index contributed by atoms with van der Waals surface area (Å²) in [6, 6.07) is 0. The van der Waals surface area contributed by atoms with Crippen LogP contribution in [0.4, 0.5) is 0 Å². The van der Waals surface area contributed by atoms with Gasteiger partial charge in [-0.05, 0) is 12.8 Å². The first-order valence-electron chi connectivity index (χ1n) is 4.88. The third kappa shape index (κ3) is 1.58. The maximum absolute atomic E-state index is 11.6. The summed E-state index contributed by atoms with van der Waals surface area (Å²) in [5, 5.41) is 13.6. The van der Waals surface area contributed by atoms with Gasteiger partial charge in [-0.1, -0.05) is 13.3 Å². The summed E-state index contributed by atoms with van der Waals surface area (Å²) < 4.78 is 1.23. The highest BCUT2D eigenvalue weighted by Crippen LogP contribution is 2.14. The second-order valence-electron chi connectivity index (χ2n) is 3.36. The quantitative estimate of drug-likeness (QED) is 0.767. The van der Waals surface area contributed by atoms with E-state index in [0.29, 0.717) is 12.0 Å². The summed E-state index contributed by atoms with van der Waals surface area (Å²) in [6.45, 7) is 2.03. The lowest BCUT2D eigenvalue weighted by molar-refractivity contribution is 0.425. The van der Waals surface area contributed by atoms with Crippen LogP contribution in [0.15, 0.2) is 11.1 Å². The number of H-pyrrole nitrogens is 1. The molecule has 2 aromatic heterocycles. The molecule has 0 aliphatic carbocycles. The van der Waals surface area contributed by atoms with Gasteiger partial charge in [0.1, 0.15) is 6.33 Å². The van der Waals surface area contributed by atoms with Crippen LogP contribution in [0.1, 0.15) is 25.3 Å². The highest BCUT2D eigenvalue weighted by Gasteiger charge is 2.12. The van der Waals surface area contributed by atoms with Gasteiger partial charge in [0.05, 0.1) is 5.56 Å². The minimum absolute atomic E-state index is 0.111. The minimum Gasteiger partial charge on any atom is -0.493 e. The van der Waals surface area contributed by atoms with Gasteiger partial charge in [-0.15, -0.1) is 0 Å². The van der Waals surface area contributed by atoms with Gasteiger partial charge in [-0.25, -0.2) is 0 Å². The Labute approximate surface area is 85.6 Å². The monoisotopic (exact) mass is 208 g/mol. The minimum atomic E-state index is -0.290. The van der Waals surface area contributed by atoms with Crippen molar-refractivity contribution >= 4 is 5.78 Å². The molecule has 0 fully saturated rings. The van der Waals surface area contributed by atoms with Crippen molar-refractivity contribution in [3.63, 3.8) is 0 Å². The van der Waals surface area contributed by atoms with Crippen LogP contribution in [-0.2, 0) is 6.42 Å². The maximum Gasteiger partial charge on any atom is 0.259 e. The highest BCUT2D eigenvalue weighted by atomic mass is 16.3. The van der Waals surface area contributed by atoms with Crippen molar-refractivity contribution in [2.45, 2.75) is 26.2 Å². The molecular weight excluding hydrogens is 196 g/mol. The Bertz CT molecular complexity index is 528. The van der Waals surface area contributed by atoms with Crippen LogP contribution in [0.2, 0.25) is 0 Å². The average molecular weight is 208 g/mol. The number of aromatic nitrogens is 4. The van der Waals surface area contributed by atoms with Crippen LogP contribution in [-0.4, -0.2) is 24.7 Å². The maximum atomic E-state index is 11.6. The number of fused-ring (bicyclic) bond motifs is 1. The number of hydrogen-bond donors (Lipinski definition) is 2. The molecule has 6 nitrogen and oxygen atoms in total. The number of aromatic hydroxyl groups is 1. The van der Waals surface area contributed by atoms with E-state index in [1.165, 1.54) is 10.8 Å². The number of aromatic amines is 1. The first-order valence-corrected chi connectivity index (χ1v) is 4.88. The van der Waals surface area contributed by atoms with E-state index in [1.807, 2.05) is 6.92 Å². The summed E-state index contributed by atoms with van der Waals surface area (Å²) in [7, 11) is 0. The van der Waals surface area contributed by atoms with E-state index in [2.05, 4.69) is 15.1 Å². The molecule has 0 atom stereocenters. The van der Waals surface area contributed by atoms with Crippen molar-refractivity contribution in [3.05, 3.63) is 22.2 Å². The third-order valence-corrected chi connectivity index (χ3v) is 2.30. The summed E-state index contributed by atoms with van der Waals surface area (Å²) in [5.74, 6) is 0.150. The van der Waals surface area contributed by atoms with E-state index in [9.17, 15) is 9.90 Å². The van der Waals surface area contributed by atoms with Gasteiger partial charge in [0, 0.05) is 0 Å². The number of nitrogens with zero attached hydrogens (tertiary/aromatic N) is 3. The number of nitrogens with one attached hydrogen (secondary N) is 1. The first-order chi connectivity index (χ1) is 7.24. The second kappa shape index (κ2) is 3.72. The topological polar surface area (TPSA) is 83.3 Å². The molecule has 0 saturated heterocycles. The van der Waals surface area contributed by atoms with E-state index in [0.717, 1.165) is 12.8 Å². The Morgan fingerprint density at radius 3 is 3.13 bits per heavy atom. The molecule has 2 heterocycles. The van der Waals surface area contributed by atoms with Crippen molar-refractivity contribution in [2.24, 2.45) is 0 Å². The molecule has 2 aromatic rings. The van der Waals surface area contributed by atoms with Crippen molar-refractivity contribution in [1.29, 1.82) is 0 Å². The van der Waals surface area contributed by atoms with Crippen LogP contribution in [0.5, 0.6) is 5.88 Å². The Hall–Kier alpha value is -1.85. The molecule has 80 valence electrons. The molecule has 0 aromatic carbocycles. The van der Waals surface area contributed by atoms with E-state index < -0.39 is 0 Å². The lowest BCUT2D eigenvalue weighted by atomic mass is 10.1. The third-order valence-electron chi connectivity index (χ3n) is 2.30. The van der Waals surface area contributed by atoms with Crippen LogP contribution in [0, 0.1) is 0 Å². The number of hydrogen-bond acceptors (Lipinski definition) is 4. The van der Waals surface area contributed by atoms with Gasteiger partial charge in [-0.3, -0.25) is 9.78 Å². The van der Waals surface area contributed by atoms with Gasteiger partial charge < -0.3 is 5.11 Å². The molecule has 0 amide bonds. The molecule has 0 radical (unpaired) electrons. The molecule has 0 spiro atoms. The fourth-order valence-corrected chi connectivity index (χ4v) is 1.47. The molecule has 0 saturated carbocycles. The molecule has 6 heteroatoms. The van der Waals surface area contributed by atoms with Gasteiger partial charge >= 0.3 is 0 Å². The van der Waals surface area contributed by atoms with Crippen LogP contribution < -0.4 is 5.56 Å². The summed E-state index contributed by atoms with van der Waals surface area (Å²) >= 11 is 0. The highest BCUT2D eigenvalue weighted by molar-refractivity contribution is 5.34. The molecule has 0 bridgehead atoms. The lowest BCUT2D eigenvalue weighted by Gasteiger charge is -2.03. The van der Waals surface area contributed by atoms with Crippen molar-refractivity contribution in [2.75, 3.05) is 0 Å². The summed E-state index contributed by atoms with van der Waals surface area (Å²) in [5.41, 5.74) is 0.0799. The summed E-state index contributed by atoms with van der Waals surface area (Å²) in [6.07, 6.45) is 3.66. The van der Waals surface area contributed by atoms with E-state index >= 15 is 0 Å². The van der Waals surface area contributed by atoms with Crippen molar-refractivity contribution < 1.29 is 5.11 Å². The van der Waals surface area contributed by atoms with Gasteiger partial charge in [0.15, 0.2) is 0 Å². The molecule has 2 rings (SSSR count). The fourth-order valence-electron chi connectivity index (χ4n) is 1.47. The van der Waals surface area contributed by atoms with Gasteiger partial charge in [0.25, 0.3) is 5.56 Å². The van der Waals surface area contributed by atoms with Crippen molar-refractivity contribution in [1.82, 2.24) is 19.6 Å². The van der Waals surface area contributed by atoms with Gasteiger partial charge in [-0.2, -0.15) is 14.6 Å². The predicted octanol–water partition coefficient (Wildman–Crippen LogP) is 0.466. The number of rotatable bonds is 3. The van der Waals surface area contributed by atoms with Gasteiger partial charge in [0.2, 0.25) is 11.7 Å². The van der Waals surface area contributed by atoms with Crippen LogP contribution in [0.25, 0.3) is 5.78 Å². The van der Waals surface area contributed by atoms with E-state index in [-0.39, 0.29) is 17.2 Å². The van der Waals surface area contributed by atoms with Crippen molar-refractivity contribution in [3.8, 4) is 5.88 Å². The van der Waals surface area contributed by atoms with Crippen LogP contribution >= 0.6 is 0 Å². The Balaban J connectivity index is 2.57. The summed E-state index contributed by atoms with van der Waals surface area (Å²) in [4.78, 5) is 17.9. The molecule has 0 unspecified atom stereocenters. The normalized spacial score (nSPS) is 11.0. The molecule has 0 aliphatic heterocycles.